The summed E-state index contributed by atoms with van der Waals surface area (Å²) in [6.07, 6.45) is 0.0866. The summed E-state index contributed by atoms with van der Waals surface area (Å²) in [5, 5.41) is 0. The number of rotatable bonds is 2. The first-order valence-electron chi connectivity index (χ1n) is 2.02. The van der Waals surface area contributed by atoms with Gasteiger partial charge in [-0.2, -0.15) is 8.42 Å². The Bertz CT molecular complexity index is 144. The van der Waals surface area contributed by atoms with E-state index >= 15 is 0 Å². The van der Waals surface area contributed by atoms with Crippen molar-refractivity contribution in [1.82, 2.24) is 0 Å². The van der Waals surface area contributed by atoms with Crippen molar-refractivity contribution >= 4 is 54.7 Å². The fraction of sp³-hybridized carbons (Fsp3) is 0.667. The summed E-state index contributed by atoms with van der Waals surface area (Å²) in [6.45, 7) is 1.52. The van der Waals surface area contributed by atoms with Crippen molar-refractivity contribution in [2.75, 3.05) is 0 Å². The molecule has 0 aliphatic carbocycles. The van der Waals surface area contributed by atoms with Crippen molar-refractivity contribution in [3.8, 4) is 0 Å². The molecule has 0 fully saturated rings. The minimum absolute atomic E-state index is 0. The van der Waals surface area contributed by atoms with E-state index < -0.39 is 17.0 Å². The number of hydrogen-bond donors (Lipinski definition) is 1. The Morgan fingerprint density at radius 1 is 1.56 bits per heavy atom. The molecule has 0 heterocycles. The molecule has 0 aromatic carbocycles. The van der Waals surface area contributed by atoms with Crippen LogP contribution in [-0.2, 0) is 20.0 Å². The third-order valence-electron chi connectivity index (χ3n) is 0.465. The van der Waals surface area contributed by atoms with Crippen LogP contribution in [0.25, 0.3) is 0 Å². The Hall–Kier alpha value is 0.680. The second-order valence-corrected chi connectivity index (χ2v) is 1.67. The van der Waals surface area contributed by atoms with Crippen LogP contribution >= 0.6 is 0 Å². The second-order valence-electron chi connectivity index (χ2n) is 1.04. The molecule has 9 heavy (non-hydrogen) atoms. The summed E-state index contributed by atoms with van der Waals surface area (Å²) >= 11 is 0. The van der Waals surface area contributed by atoms with Crippen LogP contribution in [0.15, 0.2) is 0 Å². The maximum absolute atomic E-state index is 10.0. The molecule has 0 aliphatic heterocycles. The standard InChI is InChI=1S/C3H6O4S.Ca.2H/c1-2-3(4)7-8(5)6;;;/h8H,2H2,1H3;;;. The van der Waals surface area contributed by atoms with E-state index in [0.29, 0.717) is 0 Å². The molecule has 4 nitrogen and oxygen atoms in total. The summed E-state index contributed by atoms with van der Waals surface area (Å²) in [4.78, 5) is 10.0. The van der Waals surface area contributed by atoms with Crippen LogP contribution in [0.4, 0.5) is 0 Å². The molecule has 0 bridgehead atoms. The zero-order chi connectivity index (χ0) is 6.57. The van der Waals surface area contributed by atoms with Gasteiger partial charge < -0.3 is 4.18 Å². The topological polar surface area (TPSA) is 60.4 Å². The molecule has 0 aromatic heterocycles. The van der Waals surface area contributed by atoms with E-state index in [4.69, 9.17) is 0 Å². The molecule has 0 atom stereocenters. The fourth-order valence-electron chi connectivity index (χ4n) is 0.148. The van der Waals surface area contributed by atoms with Crippen molar-refractivity contribution in [3.63, 3.8) is 0 Å². The molecule has 0 amide bonds. The SMILES string of the molecule is CCC(=O)O[SH](=O)=O.[CaH2]. The molecule has 0 aliphatic rings. The van der Waals surface area contributed by atoms with Gasteiger partial charge in [-0.1, -0.05) is 6.92 Å². The Morgan fingerprint density at radius 3 is 2.11 bits per heavy atom. The number of thiol groups is 1. The van der Waals surface area contributed by atoms with Gasteiger partial charge in [0.1, 0.15) is 0 Å². The molecule has 0 saturated carbocycles. The van der Waals surface area contributed by atoms with Gasteiger partial charge in [0.15, 0.2) is 0 Å². The molecule has 0 unspecified atom stereocenters. The fourth-order valence-corrected chi connectivity index (χ4v) is 0.443. The first kappa shape index (κ1) is 12.4. The van der Waals surface area contributed by atoms with Gasteiger partial charge in [0.2, 0.25) is 0 Å². The van der Waals surface area contributed by atoms with Gasteiger partial charge >= 0.3 is 54.7 Å². The van der Waals surface area contributed by atoms with Crippen LogP contribution in [0, 0.1) is 0 Å². The summed E-state index contributed by atoms with van der Waals surface area (Å²) in [6, 6.07) is 0. The predicted molar refractivity (Wildman–Crippen MR) is 35.2 cm³/mol. The van der Waals surface area contributed by atoms with E-state index in [-0.39, 0.29) is 44.2 Å². The van der Waals surface area contributed by atoms with Crippen molar-refractivity contribution in [1.29, 1.82) is 0 Å². The Kier molecular flexibility index (Phi) is 9.34. The second kappa shape index (κ2) is 6.79. The van der Waals surface area contributed by atoms with Crippen molar-refractivity contribution in [2.24, 2.45) is 0 Å². The van der Waals surface area contributed by atoms with Crippen LogP contribution in [0.2, 0.25) is 0 Å². The summed E-state index contributed by atoms with van der Waals surface area (Å²) in [5.41, 5.74) is 0. The van der Waals surface area contributed by atoms with E-state index in [1.165, 1.54) is 6.92 Å². The van der Waals surface area contributed by atoms with Crippen LogP contribution in [0.5, 0.6) is 0 Å². The molecular weight excluding hydrogens is 172 g/mol. The normalized spacial score (nSPS) is 8.22. The van der Waals surface area contributed by atoms with E-state index in [1.807, 2.05) is 0 Å². The predicted octanol–water partition coefficient (Wildman–Crippen LogP) is -1.45. The van der Waals surface area contributed by atoms with Gasteiger partial charge in [-0.15, -0.1) is 0 Å². The maximum atomic E-state index is 10.0. The molecule has 0 radical (unpaired) electrons. The van der Waals surface area contributed by atoms with E-state index in [9.17, 15) is 13.2 Å². The average Bonchev–Trinajstić information content (AvgIpc) is 1.65. The molecular formula is C3H8CaO4S. The third kappa shape index (κ3) is 8.68. The van der Waals surface area contributed by atoms with Crippen LogP contribution < -0.4 is 0 Å². The van der Waals surface area contributed by atoms with E-state index in [0.717, 1.165) is 0 Å². The van der Waals surface area contributed by atoms with Crippen molar-refractivity contribution in [3.05, 3.63) is 0 Å². The van der Waals surface area contributed by atoms with E-state index in [1.54, 1.807) is 0 Å². The Morgan fingerprint density at radius 2 is 2.00 bits per heavy atom. The van der Waals surface area contributed by atoms with Gasteiger partial charge in [-0.05, 0) is 0 Å². The van der Waals surface area contributed by atoms with Gasteiger partial charge in [-0.25, -0.2) is 0 Å². The molecule has 6 heteroatoms. The molecule has 0 N–H and O–H groups in total. The Balaban J connectivity index is 0. The molecule has 0 saturated heterocycles. The van der Waals surface area contributed by atoms with Gasteiger partial charge in [-0.3, -0.25) is 4.79 Å². The monoisotopic (exact) mass is 180 g/mol. The van der Waals surface area contributed by atoms with Crippen LogP contribution in [0.3, 0.4) is 0 Å². The van der Waals surface area contributed by atoms with Crippen LogP contribution in [0.1, 0.15) is 13.3 Å². The average molecular weight is 180 g/mol. The number of carbonyl (C=O) groups excluding carboxylic acids is 1. The summed E-state index contributed by atoms with van der Waals surface area (Å²) in [5.74, 6) is -0.721. The van der Waals surface area contributed by atoms with Gasteiger partial charge in [0.05, 0.1) is 0 Å². The first-order chi connectivity index (χ1) is 3.66. The molecule has 0 aromatic rings. The number of hydrogen-bond acceptors (Lipinski definition) is 4. The quantitative estimate of drug-likeness (QED) is 0.417. The summed E-state index contributed by atoms with van der Waals surface area (Å²) in [7, 11) is -3.00. The van der Waals surface area contributed by atoms with Crippen molar-refractivity contribution < 1.29 is 17.4 Å². The molecule has 0 rings (SSSR count). The minimum atomic E-state index is -3.00. The van der Waals surface area contributed by atoms with Crippen molar-refractivity contribution in [2.45, 2.75) is 13.3 Å². The third-order valence-corrected chi connectivity index (χ3v) is 0.818. The summed E-state index contributed by atoms with van der Waals surface area (Å²) < 4.78 is 22.8. The van der Waals surface area contributed by atoms with Gasteiger partial charge in [0, 0.05) is 6.42 Å². The van der Waals surface area contributed by atoms with Crippen LogP contribution in [-0.4, -0.2) is 52.1 Å². The molecule has 52 valence electrons. The zero-order valence-corrected chi connectivity index (χ0v) is 5.18. The van der Waals surface area contributed by atoms with Gasteiger partial charge in [0.25, 0.3) is 0 Å². The zero-order valence-electron chi connectivity index (χ0n) is 4.29. The first-order valence-corrected chi connectivity index (χ1v) is 3.11. The Labute approximate surface area is 84.7 Å². The van der Waals surface area contributed by atoms with E-state index in [2.05, 4.69) is 4.18 Å². The molecule has 0 spiro atoms. The number of carbonyl (C=O) groups is 1.